The van der Waals surface area contributed by atoms with Gasteiger partial charge in [0.05, 0.1) is 13.2 Å². The highest BCUT2D eigenvalue weighted by Crippen LogP contribution is 2.08. The van der Waals surface area contributed by atoms with Gasteiger partial charge < -0.3 is 4.74 Å². The highest BCUT2D eigenvalue weighted by Gasteiger charge is 2.10. The zero-order valence-electron chi connectivity index (χ0n) is 12.1. The molecule has 3 nitrogen and oxygen atoms in total. The predicted molar refractivity (Wildman–Crippen MR) is 78.5 cm³/mol. The van der Waals surface area contributed by atoms with Gasteiger partial charge in [0.15, 0.2) is 0 Å². The molecule has 3 heteroatoms. The summed E-state index contributed by atoms with van der Waals surface area (Å²) in [4.78, 5) is 12.8. The zero-order chi connectivity index (χ0) is 13.9. The van der Waals surface area contributed by atoms with Gasteiger partial charge in [-0.2, -0.15) is 0 Å². The SMILES string of the molecule is CCCC.O=Cc1ccc(CN2CCOCC2)cc1. The summed E-state index contributed by atoms with van der Waals surface area (Å²) in [6.07, 6.45) is 3.51. The van der Waals surface area contributed by atoms with E-state index in [0.29, 0.717) is 0 Å². The average molecular weight is 263 g/mol. The molecule has 0 aliphatic carbocycles. The number of nitrogens with zero attached hydrogens (tertiary/aromatic N) is 1. The third-order valence-electron chi connectivity index (χ3n) is 3.13. The number of ether oxygens (including phenoxy) is 1. The Morgan fingerprint density at radius 2 is 1.68 bits per heavy atom. The molecule has 1 fully saturated rings. The fraction of sp³-hybridized carbons (Fsp3) is 0.562. The molecule has 106 valence electrons. The van der Waals surface area contributed by atoms with Gasteiger partial charge in [0, 0.05) is 25.2 Å². The van der Waals surface area contributed by atoms with E-state index in [1.54, 1.807) is 0 Å². The Hall–Kier alpha value is -1.19. The monoisotopic (exact) mass is 263 g/mol. The van der Waals surface area contributed by atoms with Crippen molar-refractivity contribution in [3.8, 4) is 0 Å². The number of aldehydes is 1. The Bertz CT molecular complexity index is 340. The van der Waals surface area contributed by atoms with Crippen molar-refractivity contribution in [1.29, 1.82) is 0 Å². The molecule has 1 aromatic rings. The minimum atomic E-state index is 0.737. The summed E-state index contributed by atoms with van der Waals surface area (Å²) in [7, 11) is 0. The van der Waals surface area contributed by atoms with Gasteiger partial charge in [-0.3, -0.25) is 9.69 Å². The molecule has 0 bridgehead atoms. The first kappa shape index (κ1) is 15.9. The van der Waals surface area contributed by atoms with Gasteiger partial charge in [-0.1, -0.05) is 51.0 Å². The normalized spacial score (nSPS) is 15.5. The number of unbranched alkanes of at least 4 members (excludes halogenated alkanes) is 1. The summed E-state index contributed by atoms with van der Waals surface area (Å²) in [5, 5.41) is 0. The smallest absolute Gasteiger partial charge is 0.150 e. The number of rotatable bonds is 4. The molecule has 0 saturated carbocycles. The molecule has 0 aromatic heterocycles. The van der Waals surface area contributed by atoms with Crippen LogP contribution in [-0.4, -0.2) is 37.5 Å². The fourth-order valence-electron chi connectivity index (χ4n) is 1.72. The van der Waals surface area contributed by atoms with Crippen molar-refractivity contribution in [2.24, 2.45) is 0 Å². The Kier molecular flexibility index (Phi) is 8.10. The number of carbonyl (C=O) groups is 1. The molecule has 19 heavy (non-hydrogen) atoms. The Labute approximate surface area is 116 Å². The first-order valence-electron chi connectivity index (χ1n) is 7.14. The van der Waals surface area contributed by atoms with E-state index >= 15 is 0 Å². The largest absolute Gasteiger partial charge is 0.379 e. The maximum Gasteiger partial charge on any atom is 0.150 e. The average Bonchev–Trinajstić information content (AvgIpc) is 2.49. The van der Waals surface area contributed by atoms with Gasteiger partial charge in [-0.05, 0) is 5.56 Å². The summed E-state index contributed by atoms with van der Waals surface area (Å²) in [6.45, 7) is 8.95. The van der Waals surface area contributed by atoms with Crippen LogP contribution in [0.25, 0.3) is 0 Å². The van der Waals surface area contributed by atoms with Crippen molar-refractivity contribution < 1.29 is 9.53 Å². The van der Waals surface area contributed by atoms with Crippen molar-refractivity contribution in [2.45, 2.75) is 33.2 Å². The predicted octanol–water partition coefficient (Wildman–Crippen LogP) is 3.14. The number of hydrogen-bond acceptors (Lipinski definition) is 3. The maximum absolute atomic E-state index is 10.5. The lowest BCUT2D eigenvalue weighted by atomic mass is 10.1. The van der Waals surface area contributed by atoms with Gasteiger partial charge >= 0.3 is 0 Å². The molecule has 1 heterocycles. The zero-order valence-corrected chi connectivity index (χ0v) is 12.1. The molecule has 1 saturated heterocycles. The Morgan fingerprint density at radius 1 is 1.11 bits per heavy atom. The second-order valence-corrected chi connectivity index (χ2v) is 4.75. The molecule has 0 atom stereocenters. The van der Waals surface area contributed by atoms with Gasteiger partial charge in [-0.15, -0.1) is 0 Å². The molecule has 0 N–H and O–H groups in total. The van der Waals surface area contributed by atoms with E-state index in [-0.39, 0.29) is 0 Å². The van der Waals surface area contributed by atoms with Crippen molar-refractivity contribution in [3.63, 3.8) is 0 Å². The number of morpholine rings is 1. The van der Waals surface area contributed by atoms with Crippen LogP contribution in [0.1, 0.15) is 42.6 Å². The van der Waals surface area contributed by atoms with Crippen molar-refractivity contribution in [3.05, 3.63) is 35.4 Å². The van der Waals surface area contributed by atoms with Crippen LogP contribution in [0.15, 0.2) is 24.3 Å². The van der Waals surface area contributed by atoms with Crippen LogP contribution in [0.4, 0.5) is 0 Å². The van der Waals surface area contributed by atoms with Crippen LogP contribution < -0.4 is 0 Å². The molecule has 2 rings (SSSR count). The molecule has 0 amide bonds. The third-order valence-corrected chi connectivity index (χ3v) is 3.13. The Morgan fingerprint density at radius 3 is 2.16 bits per heavy atom. The lowest BCUT2D eigenvalue weighted by Crippen LogP contribution is -2.35. The first-order valence-corrected chi connectivity index (χ1v) is 7.14. The topological polar surface area (TPSA) is 29.5 Å². The Balaban J connectivity index is 0.000000399. The summed E-state index contributed by atoms with van der Waals surface area (Å²) in [6, 6.07) is 7.75. The van der Waals surface area contributed by atoms with E-state index in [0.717, 1.165) is 44.7 Å². The molecule has 0 spiro atoms. The van der Waals surface area contributed by atoms with Gasteiger partial charge in [0.2, 0.25) is 0 Å². The van der Waals surface area contributed by atoms with Crippen molar-refractivity contribution in [2.75, 3.05) is 26.3 Å². The summed E-state index contributed by atoms with van der Waals surface area (Å²) in [5.74, 6) is 0. The van der Waals surface area contributed by atoms with E-state index in [4.69, 9.17) is 4.74 Å². The summed E-state index contributed by atoms with van der Waals surface area (Å²) < 4.78 is 5.29. The lowest BCUT2D eigenvalue weighted by Gasteiger charge is -2.26. The number of benzene rings is 1. The first-order chi connectivity index (χ1) is 9.30. The standard InChI is InChI=1S/C12H15NO2.C4H10/c14-10-12-3-1-11(2-4-12)9-13-5-7-15-8-6-13;1-3-4-2/h1-4,10H,5-9H2;3-4H2,1-2H3. The maximum atomic E-state index is 10.5. The van der Waals surface area contributed by atoms with E-state index in [2.05, 4.69) is 18.7 Å². The molecular weight excluding hydrogens is 238 g/mol. The highest BCUT2D eigenvalue weighted by molar-refractivity contribution is 5.74. The summed E-state index contributed by atoms with van der Waals surface area (Å²) in [5.41, 5.74) is 1.99. The fourth-order valence-corrected chi connectivity index (χ4v) is 1.72. The van der Waals surface area contributed by atoms with Crippen LogP contribution in [-0.2, 0) is 11.3 Å². The van der Waals surface area contributed by atoms with Gasteiger partial charge in [0.25, 0.3) is 0 Å². The van der Waals surface area contributed by atoms with Crippen LogP contribution >= 0.6 is 0 Å². The van der Waals surface area contributed by atoms with Crippen LogP contribution in [0, 0.1) is 0 Å². The van der Waals surface area contributed by atoms with Crippen LogP contribution in [0.3, 0.4) is 0 Å². The number of carbonyl (C=O) groups excluding carboxylic acids is 1. The van der Waals surface area contributed by atoms with Crippen LogP contribution in [0.2, 0.25) is 0 Å². The third kappa shape index (κ3) is 6.50. The quantitative estimate of drug-likeness (QED) is 0.782. The minimum Gasteiger partial charge on any atom is -0.379 e. The van der Waals surface area contributed by atoms with E-state index in [1.807, 2.05) is 24.3 Å². The molecule has 1 aliphatic heterocycles. The lowest BCUT2D eigenvalue weighted by molar-refractivity contribution is 0.0342. The highest BCUT2D eigenvalue weighted by atomic mass is 16.5. The minimum absolute atomic E-state index is 0.737. The van der Waals surface area contributed by atoms with Crippen molar-refractivity contribution >= 4 is 6.29 Å². The van der Waals surface area contributed by atoms with Gasteiger partial charge in [-0.25, -0.2) is 0 Å². The van der Waals surface area contributed by atoms with Crippen molar-refractivity contribution in [1.82, 2.24) is 4.90 Å². The van der Waals surface area contributed by atoms with E-state index in [9.17, 15) is 4.79 Å². The number of hydrogen-bond donors (Lipinski definition) is 0. The second-order valence-electron chi connectivity index (χ2n) is 4.75. The summed E-state index contributed by atoms with van der Waals surface area (Å²) >= 11 is 0. The molecule has 1 aromatic carbocycles. The molecular formula is C16H25NO2. The van der Waals surface area contributed by atoms with E-state index < -0.39 is 0 Å². The molecule has 0 radical (unpaired) electrons. The van der Waals surface area contributed by atoms with E-state index in [1.165, 1.54) is 18.4 Å². The van der Waals surface area contributed by atoms with Crippen LogP contribution in [0.5, 0.6) is 0 Å². The van der Waals surface area contributed by atoms with Gasteiger partial charge in [0.1, 0.15) is 6.29 Å². The molecule has 1 aliphatic rings. The molecule has 0 unspecified atom stereocenters. The second kappa shape index (κ2) is 9.70.